The maximum absolute atomic E-state index is 2.42. The maximum Gasteiger partial charge on any atom is -0.00705 e. The number of hydrogen-bond donors (Lipinski definition) is 0. The summed E-state index contributed by atoms with van der Waals surface area (Å²) in [6.45, 7) is 11.5. The Bertz CT molecular complexity index is 801. The molecular formula is C21H24. The van der Waals surface area contributed by atoms with Crippen molar-refractivity contribution in [2.75, 3.05) is 0 Å². The normalized spacial score (nSPS) is 12.5. The molecule has 0 spiro atoms. The van der Waals surface area contributed by atoms with Crippen LogP contribution in [0, 0.1) is 0 Å². The van der Waals surface area contributed by atoms with Gasteiger partial charge in [-0.2, -0.15) is 0 Å². The smallest absolute Gasteiger partial charge is 0.00705 e. The zero-order valence-corrected chi connectivity index (χ0v) is 13.7. The molecule has 3 aromatic carbocycles. The average molecular weight is 276 g/mol. The molecule has 0 nitrogen and oxygen atoms in total. The molecule has 0 fully saturated rings. The lowest BCUT2D eigenvalue weighted by atomic mass is 9.81. The van der Waals surface area contributed by atoms with Crippen molar-refractivity contribution in [1.29, 1.82) is 0 Å². The quantitative estimate of drug-likeness (QED) is 0.450. The lowest BCUT2D eigenvalue weighted by molar-refractivity contribution is 0.589. The highest BCUT2D eigenvalue weighted by molar-refractivity contribution is 6.09. The minimum absolute atomic E-state index is 0.184. The van der Waals surface area contributed by atoms with E-state index in [2.05, 4.69) is 83.1 Å². The first-order valence-corrected chi connectivity index (χ1v) is 7.84. The van der Waals surface area contributed by atoms with Crippen molar-refractivity contribution >= 4 is 21.5 Å². The van der Waals surface area contributed by atoms with Crippen molar-refractivity contribution in [2.24, 2.45) is 0 Å². The van der Waals surface area contributed by atoms with E-state index in [1.54, 1.807) is 0 Å². The van der Waals surface area contributed by atoms with Crippen molar-refractivity contribution in [3.05, 3.63) is 59.7 Å². The van der Waals surface area contributed by atoms with Crippen molar-refractivity contribution in [3.63, 3.8) is 0 Å². The zero-order valence-electron chi connectivity index (χ0n) is 13.7. The topological polar surface area (TPSA) is 0 Å². The molecule has 108 valence electrons. The first-order valence-electron chi connectivity index (χ1n) is 7.84. The number of rotatable bonds is 1. The van der Waals surface area contributed by atoms with E-state index < -0.39 is 0 Å². The van der Waals surface area contributed by atoms with Crippen molar-refractivity contribution in [2.45, 2.75) is 46.0 Å². The van der Waals surface area contributed by atoms with E-state index in [4.69, 9.17) is 0 Å². The molecule has 3 rings (SSSR count). The molecule has 0 atom stereocenters. The second kappa shape index (κ2) is 4.87. The lowest BCUT2D eigenvalue weighted by Gasteiger charge is -2.23. The van der Waals surface area contributed by atoms with Crippen LogP contribution in [0.15, 0.2) is 48.5 Å². The maximum atomic E-state index is 2.42. The van der Waals surface area contributed by atoms with Crippen molar-refractivity contribution in [3.8, 4) is 0 Å². The van der Waals surface area contributed by atoms with Gasteiger partial charge in [0.25, 0.3) is 0 Å². The van der Waals surface area contributed by atoms with Crippen molar-refractivity contribution in [1.82, 2.24) is 0 Å². The van der Waals surface area contributed by atoms with Crippen LogP contribution in [0.4, 0.5) is 0 Å². The molecule has 0 saturated heterocycles. The molecular weight excluding hydrogens is 252 g/mol. The minimum Gasteiger partial charge on any atom is -0.0616 e. The molecule has 0 heteroatoms. The molecule has 0 bridgehead atoms. The van der Waals surface area contributed by atoms with E-state index >= 15 is 0 Å². The minimum atomic E-state index is 0.184. The van der Waals surface area contributed by atoms with Gasteiger partial charge in [0.15, 0.2) is 0 Å². The van der Waals surface area contributed by atoms with Crippen LogP contribution in [0.5, 0.6) is 0 Å². The van der Waals surface area contributed by atoms with Gasteiger partial charge in [-0.15, -0.1) is 0 Å². The largest absolute Gasteiger partial charge is 0.0616 e. The Kier molecular flexibility index (Phi) is 3.28. The van der Waals surface area contributed by atoms with Gasteiger partial charge in [-0.25, -0.2) is 0 Å². The highest BCUT2D eigenvalue weighted by Gasteiger charge is 2.18. The molecule has 0 aromatic heterocycles. The van der Waals surface area contributed by atoms with Crippen LogP contribution >= 0.6 is 0 Å². The van der Waals surface area contributed by atoms with Crippen LogP contribution < -0.4 is 0 Å². The molecule has 0 N–H and O–H groups in total. The highest BCUT2D eigenvalue weighted by atomic mass is 14.2. The first kappa shape index (κ1) is 14.1. The molecule has 0 radical (unpaired) electrons. The summed E-state index contributed by atoms with van der Waals surface area (Å²) in [4.78, 5) is 0. The summed E-state index contributed by atoms with van der Waals surface area (Å²) in [6.07, 6.45) is 0. The number of benzene rings is 3. The van der Waals surface area contributed by atoms with Crippen LogP contribution in [-0.4, -0.2) is 0 Å². The fraction of sp³-hybridized carbons (Fsp3) is 0.333. The third kappa shape index (κ3) is 2.44. The average Bonchev–Trinajstić information content (AvgIpc) is 2.44. The summed E-state index contributed by atoms with van der Waals surface area (Å²) in [5, 5.41) is 5.50. The Labute approximate surface area is 127 Å². The summed E-state index contributed by atoms with van der Waals surface area (Å²) in [6, 6.07) is 18.0. The Morgan fingerprint density at radius 3 is 2.14 bits per heavy atom. The monoisotopic (exact) mass is 276 g/mol. The van der Waals surface area contributed by atoms with Crippen LogP contribution in [0.2, 0.25) is 0 Å². The summed E-state index contributed by atoms with van der Waals surface area (Å²) in [7, 11) is 0. The van der Waals surface area contributed by atoms with Gasteiger partial charge < -0.3 is 0 Å². The van der Waals surface area contributed by atoms with Crippen molar-refractivity contribution < 1.29 is 0 Å². The molecule has 21 heavy (non-hydrogen) atoms. The molecule has 0 saturated carbocycles. The lowest BCUT2D eigenvalue weighted by Crippen LogP contribution is -2.12. The fourth-order valence-corrected chi connectivity index (χ4v) is 3.07. The number of fused-ring (bicyclic) bond motifs is 3. The highest BCUT2D eigenvalue weighted by Crippen LogP contribution is 2.36. The van der Waals surface area contributed by atoms with Gasteiger partial charge in [-0.3, -0.25) is 0 Å². The van der Waals surface area contributed by atoms with Crippen LogP contribution in [0.1, 0.15) is 51.7 Å². The number of hydrogen-bond acceptors (Lipinski definition) is 0. The molecule has 0 amide bonds. The summed E-state index contributed by atoms with van der Waals surface area (Å²) in [5.74, 6) is 0.528. The molecule has 0 aliphatic rings. The predicted molar refractivity (Wildman–Crippen MR) is 94.2 cm³/mol. The SMILES string of the molecule is CC(C)c1cc(C(C)(C)C)cc2ccc3ccccc3c12. The van der Waals surface area contributed by atoms with Gasteiger partial charge in [0.1, 0.15) is 0 Å². The third-order valence-corrected chi connectivity index (χ3v) is 4.36. The summed E-state index contributed by atoms with van der Waals surface area (Å²) < 4.78 is 0. The molecule has 0 aliphatic heterocycles. The molecule has 0 unspecified atom stereocenters. The van der Waals surface area contributed by atoms with E-state index in [0.29, 0.717) is 5.92 Å². The molecule has 0 heterocycles. The Morgan fingerprint density at radius 2 is 1.48 bits per heavy atom. The van der Waals surface area contributed by atoms with Gasteiger partial charge in [-0.1, -0.05) is 83.1 Å². The van der Waals surface area contributed by atoms with Gasteiger partial charge >= 0.3 is 0 Å². The van der Waals surface area contributed by atoms with Crippen LogP contribution in [-0.2, 0) is 5.41 Å². The van der Waals surface area contributed by atoms with E-state index in [9.17, 15) is 0 Å². The zero-order chi connectivity index (χ0) is 15.2. The predicted octanol–water partition coefficient (Wildman–Crippen LogP) is 6.41. The second-order valence-electron chi connectivity index (χ2n) is 7.35. The van der Waals surface area contributed by atoms with Gasteiger partial charge in [0.2, 0.25) is 0 Å². The Morgan fingerprint density at radius 1 is 0.810 bits per heavy atom. The third-order valence-electron chi connectivity index (χ3n) is 4.36. The van der Waals surface area contributed by atoms with Crippen LogP contribution in [0.3, 0.4) is 0 Å². The standard InChI is InChI=1S/C21H24/c1-14(2)19-13-17(21(3,4)5)12-16-11-10-15-8-6-7-9-18(15)20(16)19/h6-14H,1-5H3. The van der Waals surface area contributed by atoms with Gasteiger partial charge in [0.05, 0.1) is 0 Å². The van der Waals surface area contributed by atoms with E-state index in [0.717, 1.165) is 0 Å². The van der Waals surface area contributed by atoms with E-state index in [1.165, 1.54) is 32.7 Å². The van der Waals surface area contributed by atoms with E-state index in [-0.39, 0.29) is 5.41 Å². The Balaban J connectivity index is 2.47. The first-order chi connectivity index (χ1) is 9.88. The van der Waals surface area contributed by atoms with E-state index in [1.807, 2.05) is 0 Å². The molecule has 3 aromatic rings. The fourth-order valence-electron chi connectivity index (χ4n) is 3.07. The summed E-state index contributed by atoms with van der Waals surface area (Å²) >= 11 is 0. The van der Waals surface area contributed by atoms with Crippen LogP contribution in [0.25, 0.3) is 21.5 Å². The second-order valence-corrected chi connectivity index (χ2v) is 7.35. The Hall–Kier alpha value is -1.82. The molecule has 0 aliphatic carbocycles. The summed E-state index contributed by atoms with van der Waals surface area (Å²) in [5.41, 5.74) is 3.08. The van der Waals surface area contributed by atoms with Gasteiger partial charge in [-0.05, 0) is 44.0 Å². The van der Waals surface area contributed by atoms with Gasteiger partial charge in [0, 0.05) is 0 Å².